The molecule has 1 N–H and O–H groups in total. The molecule has 0 radical (unpaired) electrons. The average molecular weight is 397 g/mol. The molecule has 0 spiro atoms. The maximum absolute atomic E-state index is 12.4. The highest BCUT2D eigenvalue weighted by Gasteiger charge is 2.30. The fourth-order valence-corrected chi connectivity index (χ4v) is 4.47. The summed E-state index contributed by atoms with van der Waals surface area (Å²) in [6.07, 6.45) is 9.02. The van der Waals surface area contributed by atoms with Gasteiger partial charge in [0.15, 0.2) is 0 Å². The Labute approximate surface area is 173 Å². The van der Waals surface area contributed by atoms with Gasteiger partial charge >= 0.3 is 0 Å². The number of carbonyl (C=O) groups excluding carboxylic acids is 1. The van der Waals surface area contributed by atoms with E-state index in [1.54, 1.807) is 6.20 Å². The predicted molar refractivity (Wildman–Crippen MR) is 114 cm³/mol. The van der Waals surface area contributed by atoms with Crippen LogP contribution >= 0.6 is 0 Å². The van der Waals surface area contributed by atoms with Crippen molar-refractivity contribution in [1.82, 2.24) is 24.8 Å². The molecule has 156 valence electrons. The molecule has 1 amide bonds. The molecular weight excluding hydrogens is 364 g/mol. The summed E-state index contributed by atoms with van der Waals surface area (Å²) in [7, 11) is 0. The molecule has 4 rings (SSSR count). The standard InChI is InChI=1S/C22H32N6O/c1-17(2)21-23-9-12-27(21)11-4-8-24-22(29)18-6-7-20(25-15-18)28-14-13-26-10-3-5-19(26)16-28/h6-7,9,12,15,17,19H,3-5,8,10-11,13-14,16H2,1-2H3,(H,24,29). The number of piperazine rings is 1. The van der Waals surface area contributed by atoms with Crippen molar-refractivity contribution in [1.29, 1.82) is 0 Å². The number of rotatable bonds is 7. The van der Waals surface area contributed by atoms with E-state index in [0.717, 1.165) is 44.2 Å². The Balaban J connectivity index is 1.24. The summed E-state index contributed by atoms with van der Waals surface area (Å²) in [4.78, 5) is 26.3. The third-order valence-electron chi connectivity index (χ3n) is 6.05. The van der Waals surface area contributed by atoms with Crippen molar-refractivity contribution in [3.05, 3.63) is 42.1 Å². The Hall–Kier alpha value is -2.41. The molecule has 1 unspecified atom stereocenters. The molecule has 29 heavy (non-hydrogen) atoms. The maximum Gasteiger partial charge on any atom is 0.252 e. The van der Waals surface area contributed by atoms with Gasteiger partial charge in [-0.3, -0.25) is 9.69 Å². The summed E-state index contributed by atoms with van der Waals surface area (Å²) in [5.41, 5.74) is 0.624. The maximum atomic E-state index is 12.4. The second kappa shape index (κ2) is 8.95. The van der Waals surface area contributed by atoms with Gasteiger partial charge in [-0.15, -0.1) is 0 Å². The zero-order valence-corrected chi connectivity index (χ0v) is 17.5. The quantitative estimate of drug-likeness (QED) is 0.729. The van der Waals surface area contributed by atoms with Crippen LogP contribution in [0.15, 0.2) is 30.7 Å². The summed E-state index contributed by atoms with van der Waals surface area (Å²) in [6, 6.07) is 4.55. The van der Waals surface area contributed by atoms with Gasteiger partial charge in [-0.2, -0.15) is 0 Å². The highest BCUT2D eigenvalue weighted by atomic mass is 16.1. The molecule has 0 aliphatic carbocycles. The summed E-state index contributed by atoms with van der Waals surface area (Å²) in [5, 5.41) is 3.01. The molecule has 0 bridgehead atoms. The van der Waals surface area contributed by atoms with Crippen LogP contribution < -0.4 is 10.2 Å². The molecular formula is C22H32N6O. The lowest BCUT2D eigenvalue weighted by Crippen LogP contribution is -2.50. The van der Waals surface area contributed by atoms with Gasteiger partial charge in [-0.25, -0.2) is 9.97 Å². The molecule has 2 aromatic heterocycles. The number of aromatic nitrogens is 3. The van der Waals surface area contributed by atoms with Crippen molar-refractivity contribution in [2.75, 3.05) is 37.6 Å². The molecule has 2 aromatic rings. The van der Waals surface area contributed by atoms with Crippen molar-refractivity contribution in [3.63, 3.8) is 0 Å². The number of carbonyl (C=O) groups is 1. The van der Waals surface area contributed by atoms with E-state index in [0.29, 0.717) is 24.1 Å². The Kier molecular flexibility index (Phi) is 6.13. The van der Waals surface area contributed by atoms with Gasteiger partial charge in [0.2, 0.25) is 0 Å². The summed E-state index contributed by atoms with van der Waals surface area (Å²) >= 11 is 0. The molecule has 0 saturated carbocycles. The largest absolute Gasteiger partial charge is 0.354 e. The summed E-state index contributed by atoms with van der Waals surface area (Å²) < 4.78 is 2.16. The number of anilines is 1. The third kappa shape index (κ3) is 4.61. The van der Waals surface area contributed by atoms with Crippen LogP contribution in [0.2, 0.25) is 0 Å². The third-order valence-corrected chi connectivity index (χ3v) is 6.05. The number of pyridine rings is 1. The number of hydrogen-bond donors (Lipinski definition) is 1. The van der Waals surface area contributed by atoms with Gasteiger partial charge in [-0.05, 0) is 37.9 Å². The smallest absolute Gasteiger partial charge is 0.252 e. The Morgan fingerprint density at radius 1 is 1.24 bits per heavy atom. The highest BCUT2D eigenvalue weighted by Crippen LogP contribution is 2.24. The fourth-order valence-electron chi connectivity index (χ4n) is 4.47. The molecule has 2 fully saturated rings. The first-order valence-electron chi connectivity index (χ1n) is 10.9. The van der Waals surface area contributed by atoms with E-state index in [1.807, 2.05) is 24.5 Å². The Morgan fingerprint density at radius 3 is 2.93 bits per heavy atom. The van der Waals surface area contributed by atoms with E-state index < -0.39 is 0 Å². The van der Waals surface area contributed by atoms with Crippen molar-refractivity contribution in [3.8, 4) is 0 Å². The van der Waals surface area contributed by atoms with Gasteiger partial charge in [0.25, 0.3) is 5.91 Å². The number of aryl methyl sites for hydroxylation is 1. The van der Waals surface area contributed by atoms with Crippen molar-refractivity contribution in [2.45, 2.75) is 51.6 Å². The van der Waals surface area contributed by atoms with E-state index in [-0.39, 0.29) is 5.91 Å². The highest BCUT2D eigenvalue weighted by molar-refractivity contribution is 5.94. The molecule has 2 aliphatic heterocycles. The van der Waals surface area contributed by atoms with Gasteiger partial charge in [0, 0.05) is 63.3 Å². The van der Waals surface area contributed by atoms with Crippen molar-refractivity contribution in [2.24, 2.45) is 0 Å². The van der Waals surface area contributed by atoms with Crippen LogP contribution in [-0.2, 0) is 6.54 Å². The number of imidazole rings is 1. The molecule has 0 aromatic carbocycles. The van der Waals surface area contributed by atoms with Gasteiger partial charge < -0.3 is 14.8 Å². The zero-order valence-electron chi connectivity index (χ0n) is 17.5. The minimum absolute atomic E-state index is 0.0561. The minimum Gasteiger partial charge on any atom is -0.354 e. The van der Waals surface area contributed by atoms with Crippen molar-refractivity contribution < 1.29 is 4.79 Å². The van der Waals surface area contributed by atoms with Crippen molar-refractivity contribution >= 4 is 11.7 Å². The summed E-state index contributed by atoms with van der Waals surface area (Å²) in [6.45, 7) is 10.2. The first-order chi connectivity index (χ1) is 14.1. The Morgan fingerprint density at radius 2 is 2.14 bits per heavy atom. The molecule has 7 nitrogen and oxygen atoms in total. The number of hydrogen-bond acceptors (Lipinski definition) is 5. The number of amides is 1. The average Bonchev–Trinajstić information content (AvgIpc) is 3.40. The van der Waals surface area contributed by atoms with E-state index in [2.05, 4.69) is 43.5 Å². The molecule has 7 heteroatoms. The van der Waals surface area contributed by atoms with Crippen LogP contribution in [0.5, 0.6) is 0 Å². The fraction of sp³-hybridized carbons (Fsp3) is 0.591. The lowest BCUT2D eigenvalue weighted by atomic mass is 10.1. The van der Waals surface area contributed by atoms with Gasteiger partial charge in [0.1, 0.15) is 11.6 Å². The summed E-state index contributed by atoms with van der Waals surface area (Å²) in [5.74, 6) is 2.42. The minimum atomic E-state index is -0.0561. The first-order valence-corrected chi connectivity index (χ1v) is 10.9. The number of nitrogens with zero attached hydrogens (tertiary/aromatic N) is 5. The lowest BCUT2D eigenvalue weighted by molar-refractivity contribution is 0.0952. The normalized spacial score (nSPS) is 19.6. The molecule has 1 atom stereocenters. The number of nitrogens with one attached hydrogen (secondary N) is 1. The van der Waals surface area contributed by atoms with E-state index in [1.165, 1.54) is 19.4 Å². The molecule has 2 aliphatic rings. The second-order valence-electron chi connectivity index (χ2n) is 8.43. The predicted octanol–water partition coefficient (Wildman–Crippen LogP) is 2.51. The van der Waals surface area contributed by atoms with E-state index in [4.69, 9.17) is 0 Å². The zero-order chi connectivity index (χ0) is 20.2. The van der Waals surface area contributed by atoms with Crippen LogP contribution in [0.1, 0.15) is 55.2 Å². The van der Waals surface area contributed by atoms with Crippen LogP contribution in [0.25, 0.3) is 0 Å². The Bertz CT molecular complexity index is 815. The van der Waals surface area contributed by atoms with Crippen LogP contribution in [0, 0.1) is 0 Å². The first kappa shape index (κ1) is 19.9. The van der Waals surface area contributed by atoms with Crippen LogP contribution in [-0.4, -0.2) is 64.1 Å². The monoisotopic (exact) mass is 396 g/mol. The van der Waals surface area contributed by atoms with Gasteiger partial charge in [-0.1, -0.05) is 13.8 Å². The van der Waals surface area contributed by atoms with E-state index in [9.17, 15) is 4.79 Å². The topological polar surface area (TPSA) is 66.3 Å². The van der Waals surface area contributed by atoms with E-state index >= 15 is 0 Å². The number of fused-ring (bicyclic) bond motifs is 1. The second-order valence-corrected chi connectivity index (χ2v) is 8.43. The molecule has 4 heterocycles. The van der Waals surface area contributed by atoms with Crippen LogP contribution in [0.3, 0.4) is 0 Å². The lowest BCUT2D eigenvalue weighted by Gasteiger charge is -2.38. The SMILES string of the molecule is CC(C)c1nccn1CCCNC(=O)c1ccc(N2CCN3CCCC3C2)nc1. The van der Waals surface area contributed by atoms with Crippen LogP contribution in [0.4, 0.5) is 5.82 Å². The molecule has 2 saturated heterocycles. The van der Waals surface area contributed by atoms with Gasteiger partial charge in [0.05, 0.1) is 5.56 Å².